The second-order valence-corrected chi connectivity index (χ2v) is 4.04. The molecule has 1 aromatic heterocycles. The highest BCUT2D eigenvalue weighted by atomic mass is 16.6. The molecule has 1 amide bonds. The van der Waals surface area contributed by atoms with Crippen LogP contribution in [0.2, 0.25) is 0 Å². The number of anilines is 1. The van der Waals surface area contributed by atoms with Gasteiger partial charge in [-0.3, -0.25) is 19.6 Å². The molecule has 21 heavy (non-hydrogen) atoms. The van der Waals surface area contributed by atoms with Crippen molar-refractivity contribution in [2.24, 2.45) is 0 Å². The Kier molecular flexibility index (Phi) is 3.93. The number of carbonyl (C=O) groups excluding carboxylic acids is 1. The molecule has 0 radical (unpaired) electrons. The summed E-state index contributed by atoms with van der Waals surface area (Å²) in [7, 11) is 0. The van der Waals surface area contributed by atoms with Crippen molar-refractivity contribution in [2.75, 3.05) is 5.32 Å². The summed E-state index contributed by atoms with van der Waals surface area (Å²) >= 11 is 0. The van der Waals surface area contributed by atoms with Crippen LogP contribution in [0.5, 0.6) is 0 Å². The van der Waals surface area contributed by atoms with Crippen LogP contribution in [0.15, 0.2) is 36.7 Å². The third-order valence-corrected chi connectivity index (χ3v) is 2.58. The van der Waals surface area contributed by atoms with Gasteiger partial charge in [0.2, 0.25) is 5.91 Å². The Morgan fingerprint density at radius 3 is 2.76 bits per heavy atom. The standard InChI is InChI=1S/C12H10N4O5/c17-11(7-15-5-1-4-13-15)14-10-6-8(16(20)21)2-3-9(10)12(18)19/h1-6H,7H2,(H,14,17)(H,18,19). The van der Waals surface area contributed by atoms with Gasteiger partial charge in [0.15, 0.2) is 0 Å². The van der Waals surface area contributed by atoms with Gasteiger partial charge in [-0.1, -0.05) is 0 Å². The molecule has 0 aliphatic rings. The first-order valence-corrected chi connectivity index (χ1v) is 5.76. The van der Waals surface area contributed by atoms with E-state index in [1.54, 1.807) is 12.3 Å². The van der Waals surface area contributed by atoms with Gasteiger partial charge >= 0.3 is 5.97 Å². The Labute approximate surface area is 118 Å². The Hall–Kier alpha value is -3.23. The first kappa shape index (κ1) is 14.2. The molecule has 2 aromatic rings. The third-order valence-electron chi connectivity index (χ3n) is 2.58. The molecule has 0 fully saturated rings. The summed E-state index contributed by atoms with van der Waals surface area (Å²) in [6.07, 6.45) is 3.05. The highest BCUT2D eigenvalue weighted by Gasteiger charge is 2.17. The highest BCUT2D eigenvalue weighted by Crippen LogP contribution is 2.22. The summed E-state index contributed by atoms with van der Waals surface area (Å²) in [6.45, 7) is -0.130. The molecule has 0 saturated heterocycles. The molecule has 0 spiro atoms. The largest absolute Gasteiger partial charge is 0.478 e. The number of nitrogens with zero attached hydrogens (tertiary/aromatic N) is 3. The summed E-state index contributed by atoms with van der Waals surface area (Å²) in [5.41, 5.74) is -0.669. The summed E-state index contributed by atoms with van der Waals surface area (Å²) in [4.78, 5) is 32.9. The number of nitro groups is 1. The number of rotatable bonds is 5. The van der Waals surface area contributed by atoms with Crippen LogP contribution >= 0.6 is 0 Å². The fraction of sp³-hybridized carbons (Fsp3) is 0.0833. The van der Waals surface area contributed by atoms with Crippen LogP contribution in [0.1, 0.15) is 10.4 Å². The van der Waals surface area contributed by atoms with Crippen LogP contribution in [0.25, 0.3) is 0 Å². The van der Waals surface area contributed by atoms with Gasteiger partial charge < -0.3 is 10.4 Å². The Bertz CT molecular complexity index is 696. The summed E-state index contributed by atoms with van der Waals surface area (Å²) in [5, 5.41) is 25.9. The zero-order valence-electron chi connectivity index (χ0n) is 10.6. The van der Waals surface area contributed by atoms with Crippen molar-refractivity contribution in [3.63, 3.8) is 0 Å². The molecule has 0 bridgehead atoms. The van der Waals surface area contributed by atoms with E-state index < -0.39 is 16.8 Å². The lowest BCUT2D eigenvalue weighted by atomic mass is 10.1. The zero-order valence-corrected chi connectivity index (χ0v) is 10.6. The quantitative estimate of drug-likeness (QED) is 0.627. The lowest BCUT2D eigenvalue weighted by molar-refractivity contribution is -0.384. The van der Waals surface area contributed by atoms with E-state index in [1.165, 1.54) is 10.9 Å². The number of hydrogen-bond donors (Lipinski definition) is 2. The van der Waals surface area contributed by atoms with Gasteiger partial charge in [0.25, 0.3) is 5.69 Å². The monoisotopic (exact) mass is 290 g/mol. The number of carboxylic acids is 1. The maximum atomic E-state index is 11.8. The second kappa shape index (κ2) is 5.82. The second-order valence-electron chi connectivity index (χ2n) is 4.04. The first-order valence-electron chi connectivity index (χ1n) is 5.76. The van der Waals surface area contributed by atoms with Crippen LogP contribution in [-0.2, 0) is 11.3 Å². The van der Waals surface area contributed by atoms with Crippen molar-refractivity contribution in [1.82, 2.24) is 9.78 Å². The van der Waals surface area contributed by atoms with E-state index >= 15 is 0 Å². The van der Waals surface area contributed by atoms with Crippen molar-refractivity contribution in [3.05, 3.63) is 52.3 Å². The molecular formula is C12H10N4O5. The van der Waals surface area contributed by atoms with Gasteiger partial charge in [-0.2, -0.15) is 5.10 Å². The molecule has 0 aliphatic heterocycles. The van der Waals surface area contributed by atoms with Gasteiger partial charge in [0.1, 0.15) is 6.54 Å². The average Bonchev–Trinajstić information content (AvgIpc) is 2.90. The molecular weight excluding hydrogens is 280 g/mol. The minimum atomic E-state index is -1.29. The number of non-ortho nitro benzene ring substituents is 1. The van der Waals surface area contributed by atoms with Gasteiger partial charge in [-0.15, -0.1) is 0 Å². The van der Waals surface area contributed by atoms with Crippen molar-refractivity contribution < 1.29 is 19.6 Å². The number of benzene rings is 1. The van der Waals surface area contributed by atoms with Crippen molar-refractivity contribution in [1.29, 1.82) is 0 Å². The number of amides is 1. The van der Waals surface area contributed by atoms with E-state index in [0.29, 0.717) is 0 Å². The Morgan fingerprint density at radius 1 is 1.43 bits per heavy atom. The van der Waals surface area contributed by atoms with Crippen molar-refractivity contribution >= 4 is 23.3 Å². The third kappa shape index (κ3) is 3.41. The summed E-state index contributed by atoms with van der Waals surface area (Å²) in [6, 6.07) is 4.77. The molecule has 0 unspecified atom stereocenters. The fourth-order valence-corrected chi connectivity index (χ4v) is 1.67. The molecule has 2 rings (SSSR count). The van der Waals surface area contributed by atoms with Crippen molar-refractivity contribution in [3.8, 4) is 0 Å². The van der Waals surface area contributed by atoms with Gasteiger partial charge in [0.05, 0.1) is 16.2 Å². The molecule has 0 saturated carbocycles. The molecule has 0 atom stereocenters. The SMILES string of the molecule is O=C(Cn1cccn1)Nc1cc([N+](=O)[O-])ccc1C(=O)O. The van der Waals surface area contributed by atoms with Crippen LogP contribution in [0, 0.1) is 10.1 Å². The van der Waals surface area contributed by atoms with Gasteiger partial charge in [0, 0.05) is 24.5 Å². The van der Waals surface area contributed by atoms with E-state index in [0.717, 1.165) is 18.2 Å². The van der Waals surface area contributed by atoms with E-state index in [4.69, 9.17) is 5.11 Å². The highest BCUT2D eigenvalue weighted by molar-refractivity contribution is 6.00. The van der Waals surface area contributed by atoms with E-state index in [9.17, 15) is 19.7 Å². The van der Waals surface area contributed by atoms with E-state index in [-0.39, 0.29) is 23.5 Å². The smallest absolute Gasteiger partial charge is 0.337 e. The Morgan fingerprint density at radius 2 is 2.19 bits per heavy atom. The molecule has 9 heteroatoms. The first-order chi connectivity index (χ1) is 9.97. The van der Waals surface area contributed by atoms with Gasteiger partial charge in [-0.25, -0.2) is 4.79 Å². The lowest BCUT2D eigenvalue weighted by Gasteiger charge is -2.08. The lowest BCUT2D eigenvalue weighted by Crippen LogP contribution is -2.20. The molecule has 1 heterocycles. The summed E-state index contributed by atoms with van der Waals surface area (Å²) < 4.78 is 1.34. The molecule has 2 N–H and O–H groups in total. The normalized spacial score (nSPS) is 10.1. The minimum absolute atomic E-state index is 0.130. The maximum Gasteiger partial charge on any atom is 0.337 e. The fourth-order valence-electron chi connectivity index (χ4n) is 1.67. The number of aromatic nitrogens is 2. The average molecular weight is 290 g/mol. The Balaban J connectivity index is 2.24. The number of carboxylic acid groups (broad SMARTS) is 1. The molecule has 108 valence electrons. The number of aromatic carboxylic acids is 1. The molecule has 1 aromatic carbocycles. The van der Waals surface area contributed by atoms with Crippen LogP contribution in [0.4, 0.5) is 11.4 Å². The van der Waals surface area contributed by atoms with Crippen LogP contribution in [0.3, 0.4) is 0 Å². The van der Waals surface area contributed by atoms with Crippen molar-refractivity contribution in [2.45, 2.75) is 6.54 Å². The number of carbonyl (C=O) groups is 2. The van der Waals surface area contributed by atoms with Gasteiger partial charge in [-0.05, 0) is 12.1 Å². The van der Waals surface area contributed by atoms with E-state index in [2.05, 4.69) is 10.4 Å². The number of hydrogen-bond acceptors (Lipinski definition) is 5. The predicted molar refractivity (Wildman–Crippen MR) is 70.9 cm³/mol. The number of nitro benzene ring substituents is 1. The van der Waals surface area contributed by atoms with Crippen LogP contribution in [-0.4, -0.2) is 31.7 Å². The van der Waals surface area contributed by atoms with E-state index in [1.807, 2.05) is 0 Å². The number of nitrogens with one attached hydrogen (secondary N) is 1. The maximum absolute atomic E-state index is 11.8. The molecule has 0 aliphatic carbocycles. The summed E-state index contributed by atoms with van der Waals surface area (Å²) in [5.74, 6) is -1.83. The topological polar surface area (TPSA) is 127 Å². The van der Waals surface area contributed by atoms with Crippen LogP contribution < -0.4 is 5.32 Å². The zero-order chi connectivity index (χ0) is 15.4. The minimum Gasteiger partial charge on any atom is -0.478 e. The predicted octanol–water partition coefficient (Wildman–Crippen LogP) is 1.13. The molecule has 9 nitrogen and oxygen atoms in total.